The molecule has 0 saturated heterocycles. The summed E-state index contributed by atoms with van der Waals surface area (Å²) < 4.78 is 2.06. The van der Waals surface area contributed by atoms with Crippen molar-refractivity contribution in [1.29, 1.82) is 0 Å². The van der Waals surface area contributed by atoms with Gasteiger partial charge in [0, 0.05) is 13.8 Å². The van der Waals surface area contributed by atoms with Crippen molar-refractivity contribution in [2.45, 2.75) is 19.4 Å². The van der Waals surface area contributed by atoms with Gasteiger partial charge in [0.2, 0.25) is 0 Å². The van der Waals surface area contributed by atoms with Crippen LogP contribution in [-0.2, 0) is 0 Å². The molecular weight excluding hydrogens is 409 g/mol. The lowest BCUT2D eigenvalue weighted by molar-refractivity contribution is 0.604. The van der Waals surface area contributed by atoms with Gasteiger partial charge in [0.05, 0.1) is 11.1 Å². The van der Waals surface area contributed by atoms with Crippen LogP contribution < -0.4 is 5.32 Å². The third-order valence-electron chi connectivity index (χ3n) is 2.80. The van der Waals surface area contributed by atoms with E-state index in [2.05, 4.69) is 61.6 Å². The monoisotopic (exact) mass is 421 g/mol. The van der Waals surface area contributed by atoms with Crippen LogP contribution in [0.3, 0.4) is 0 Å². The molecule has 1 unspecified atom stereocenters. The molecule has 0 aliphatic heterocycles. The number of halogens is 3. The third kappa shape index (κ3) is 3.61. The highest BCUT2D eigenvalue weighted by Crippen LogP contribution is 2.38. The van der Waals surface area contributed by atoms with Crippen LogP contribution in [0.5, 0.6) is 0 Å². The fourth-order valence-electron chi connectivity index (χ4n) is 1.89. The smallest absolute Gasteiger partial charge is 0.0697 e. The van der Waals surface area contributed by atoms with E-state index in [1.807, 2.05) is 12.1 Å². The highest BCUT2D eigenvalue weighted by atomic mass is 79.9. The van der Waals surface area contributed by atoms with Crippen molar-refractivity contribution < 1.29 is 0 Å². The van der Waals surface area contributed by atoms with Gasteiger partial charge in [0.25, 0.3) is 0 Å². The zero-order valence-electron chi connectivity index (χ0n) is 10.4. The van der Waals surface area contributed by atoms with Gasteiger partial charge >= 0.3 is 0 Å². The fraction of sp³-hybridized carbons (Fsp3) is 0.286. The Morgan fingerprint density at radius 3 is 2.68 bits per heavy atom. The van der Waals surface area contributed by atoms with Crippen molar-refractivity contribution in [2.75, 3.05) is 6.54 Å². The van der Waals surface area contributed by atoms with E-state index in [0.717, 1.165) is 32.5 Å². The molecule has 0 bridgehead atoms. The minimum Gasteiger partial charge on any atom is -0.306 e. The van der Waals surface area contributed by atoms with Crippen molar-refractivity contribution in [3.8, 4) is 0 Å². The molecule has 102 valence electrons. The molecule has 0 fully saturated rings. The predicted molar refractivity (Wildman–Crippen MR) is 91.3 cm³/mol. The molecule has 0 amide bonds. The van der Waals surface area contributed by atoms with E-state index in [4.69, 9.17) is 11.6 Å². The first-order valence-electron chi connectivity index (χ1n) is 6.05. The van der Waals surface area contributed by atoms with Crippen LogP contribution in [-0.4, -0.2) is 6.54 Å². The molecule has 1 aromatic heterocycles. The standard InChI is InChI=1S/C14H14Br2ClNS/c1-2-7-18-13(14-11(16)6-8-19-14)9-4-3-5-10(15)12(9)17/h3-6,8,13,18H,2,7H2,1H3. The molecule has 19 heavy (non-hydrogen) atoms. The maximum Gasteiger partial charge on any atom is 0.0697 e. The molecule has 1 aromatic carbocycles. The molecule has 1 N–H and O–H groups in total. The molecule has 0 spiro atoms. The van der Waals surface area contributed by atoms with E-state index in [-0.39, 0.29) is 6.04 Å². The topological polar surface area (TPSA) is 12.0 Å². The lowest BCUT2D eigenvalue weighted by Crippen LogP contribution is -2.23. The van der Waals surface area contributed by atoms with E-state index in [1.54, 1.807) is 11.3 Å². The maximum atomic E-state index is 6.44. The Morgan fingerprint density at radius 2 is 2.05 bits per heavy atom. The van der Waals surface area contributed by atoms with E-state index in [0.29, 0.717) is 0 Å². The highest BCUT2D eigenvalue weighted by molar-refractivity contribution is 9.10. The Morgan fingerprint density at radius 1 is 1.26 bits per heavy atom. The summed E-state index contributed by atoms with van der Waals surface area (Å²) in [6.07, 6.45) is 1.09. The van der Waals surface area contributed by atoms with Crippen LogP contribution in [0.2, 0.25) is 5.02 Å². The summed E-state index contributed by atoms with van der Waals surface area (Å²) in [6.45, 7) is 3.12. The second-order valence-electron chi connectivity index (χ2n) is 4.16. The van der Waals surface area contributed by atoms with Gasteiger partial charge in [-0.3, -0.25) is 0 Å². The molecule has 2 rings (SSSR count). The van der Waals surface area contributed by atoms with E-state index < -0.39 is 0 Å². The van der Waals surface area contributed by atoms with E-state index >= 15 is 0 Å². The van der Waals surface area contributed by atoms with Crippen molar-refractivity contribution in [3.05, 3.63) is 54.1 Å². The van der Waals surface area contributed by atoms with Crippen molar-refractivity contribution in [1.82, 2.24) is 5.32 Å². The Hall–Kier alpha value is 0.130. The zero-order valence-corrected chi connectivity index (χ0v) is 15.2. The lowest BCUT2D eigenvalue weighted by Gasteiger charge is -2.20. The number of thiophene rings is 1. The number of rotatable bonds is 5. The van der Waals surface area contributed by atoms with Gasteiger partial charge < -0.3 is 5.32 Å². The molecular formula is C14H14Br2ClNS. The Labute approximate surface area is 139 Å². The second-order valence-corrected chi connectivity index (χ2v) is 7.20. The number of hydrogen-bond donors (Lipinski definition) is 1. The quantitative estimate of drug-likeness (QED) is 0.620. The highest BCUT2D eigenvalue weighted by Gasteiger charge is 2.20. The van der Waals surface area contributed by atoms with Gasteiger partial charge in [0.15, 0.2) is 0 Å². The van der Waals surface area contributed by atoms with Gasteiger partial charge in [-0.25, -0.2) is 0 Å². The van der Waals surface area contributed by atoms with E-state index in [1.165, 1.54) is 4.88 Å². The Bertz CT molecular complexity index is 556. The van der Waals surface area contributed by atoms with Crippen LogP contribution in [0.4, 0.5) is 0 Å². The summed E-state index contributed by atoms with van der Waals surface area (Å²) in [5.74, 6) is 0. The molecule has 1 atom stereocenters. The molecule has 2 aromatic rings. The normalized spacial score (nSPS) is 12.6. The Kier molecular flexibility index (Phi) is 5.90. The fourth-order valence-corrected chi connectivity index (χ4v) is 4.20. The third-order valence-corrected chi connectivity index (χ3v) is 6.04. The van der Waals surface area contributed by atoms with Gasteiger partial charge in [-0.2, -0.15) is 0 Å². The van der Waals surface area contributed by atoms with Gasteiger partial charge in [0.1, 0.15) is 0 Å². The minimum absolute atomic E-state index is 0.124. The summed E-state index contributed by atoms with van der Waals surface area (Å²) in [7, 11) is 0. The largest absolute Gasteiger partial charge is 0.306 e. The zero-order chi connectivity index (χ0) is 13.8. The first-order valence-corrected chi connectivity index (χ1v) is 8.89. The Balaban J connectivity index is 2.43. The SMILES string of the molecule is CCCNC(c1cccc(Br)c1Cl)c1sccc1Br. The average molecular weight is 424 g/mol. The van der Waals surface area contributed by atoms with Crippen LogP contribution in [0.25, 0.3) is 0 Å². The lowest BCUT2D eigenvalue weighted by atomic mass is 10.1. The average Bonchev–Trinajstić information content (AvgIpc) is 2.81. The second kappa shape index (κ2) is 7.23. The first-order chi connectivity index (χ1) is 9.15. The van der Waals surface area contributed by atoms with Crippen molar-refractivity contribution >= 4 is 54.8 Å². The van der Waals surface area contributed by atoms with Gasteiger partial charge in [-0.05, 0) is 67.9 Å². The van der Waals surface area contributed by atoms with Crippen molar-refractivity contribution in [3.63, 3.8) is 0 Å². The summed E-state index contributed by atoms with van der Waals surface area (Å²) in [5.41, 5.74) is 1.10. The molecule has 0 radical (unpaired) electrons. The van der Waals surface area contributed by atoms with Crippen LogP contribution in [0.15, 0.2) is 38.6 Å². The summed E-state index contributed by atoms with van der Waals surface area (Å²) in [6, 6.07) is 8.26. The molecule has 1 nitrogen and oxygen atoms in total. The predicted octanol–water partition coefficient (Wildman–Crippen LogP) is 6.02. The molecule has 1 heterocycles. The van der Waals surface area contributed by atoms with Crippen molar-refractivity contribution in [2.24, 2.45) is 0 Å². The molecule has 0 aliphatic carbocycles. The number of benzene rings is 1. The van der Waals surface area contributed by atoms with Crippen LogP contribution in [0.1, 0.15) is 29.8 Å². The maximum absolute atomic E-state index is 6.44. The molecule has 0 aliphatic rings. The molecule has 0 saturated carbocycles. The van der Waals surface area contributed by atoms with Gasteiger partial charge in [-0.1, -0.05) is 30.7 Å². The number of nitrogens with one attached hydrogen (secondary N) is 1. The van der Waals surface area contributed by atoms with Crippen LogP contribution >= 0.6 is 54.8 Å². The van der Waals surface area contributed by atoms with E-state index in [9.17, 15) is 0 Å². The number of hydrogen-bond acceptors (Lipinski definition) is 2. The summed E-state index contributed by atoms with van der Waals surface area (Å²) >= 11 is 15.3. The summed E-state index contributed by atoms with van der Waals surface area (Å²) in [4.78, 5) is 1.26. The first kappa shape index (κ1) is 15.5. The summed E-state index contributed by atoms with van der Waals surface area (Å²) in [5, 5.41) is 6.44. The minimum atomic E-state index is 0.124. The van der Waals surface area contributed by atoms with Gasteiger partial charge in [-0.15, -0.1) is 11.3 Å². The van der Waals surface area contributed by atoms with Crippen LogP contribution in [0, 0.1) is 0 Å². The molecule has 5 heteroatoms.